The summed E-state index contributed by atoms with van der Waals surface area (Å²) < 4.78 is 6.84. The Morgan fingerprint density at radius 2 is 1.91 bits per heavy atom. The Kier molecular flexibility index (Phi) is 5.30. The zero-order valence-corrected chi connectivity index (χ0v) is 19.7. The molecule has 0 radical (unpaired) electrons. The molecule has 1 unspecified atom stereocenters. The third-order valence-electron chi connectivity index (χ3n) is 8.09. The van der Waals surface area contributed by atoms with Crippen molar-refractivity contribution in [1.82, 2.24) is 29.8 Å². The number of aliphatic hydroxyl groups excluding tert-OH is 1. The fourth-order valence-corrected chi connectivity index (χ4v) is 5.82. The highest BCUT2D eigenvalue weighted by Crippen LogP contribution is 2.44. The van der Waals surface area contributed by atoms with Crippen LogP contribution in [0.3, 0.4) is 0 Å². The van der Waals surface area contributed by atoms with Gasteiger partial charge in [0.1, 0.15) is 6.61 Å². The Labute approximate surface area is 202 Å². The standard InChI is InChI=1S/C25H28N6O4/c1-16-21(15-35-23(16)33)30-11-8-25(24(30)34)6-9-29(10-7-25)13-19(14-32)17-2-4-20-18(12-17)3-5-22-26-27-28-31(20)22/h2-5,12,19,32H,6-11,13-15H2,1H3. The van der Waals surface area contributed by atoms with E-state index in [4.69, 9.17) is 4.74 Å². The van der Waals surface area contributed by atoms with E-state index in [0.29, 0.717) is 17.8 Å². The van der Waals surface area contributed by atoms with Crippen molar-refractivity contribution < 1.29 is 19.4 Å². The maximum Gasteiger partial charge on any atom is 0.336 e. The number of benzene rings is 1. The summed E-state index contributed by atoms with van der Waals surface area (Å²) in [6, 6.07) is 10.0. The summed E-state index contributed by atoms with van der Waals surface area (Å²) in [4.78, 5) is 29.3. The second-order valence-corrected chi connectivity index (χ2v) is 9.92. The summed E-state index contributed by atoms with van der Waals surface area (Å²) >= 11 is 0. The van der Waals surface area contributed by atoms with Gasteiger partial charge in [0.25, 0.3) is 0 Å². The molecule has 0 saturated carbocycles. The lowest BCUT2D eigenvalue weighted by Crippen LogP contribution is -2.45. The number of ether oxygens (including phenoxy) is 1. The van der Waals surface area contributed by atoms with Gasteiger partial charge in [-0.25, -0.2) is 4.79 Å². The summed E-state index contributed by atoms with van der Waals surface area (Å²) in [5.74, 6) is -0.218. The second kappa shape index (κ2) is 8.39. The maximum absolute atomic E-state index is 13.4. The number of aromatic nitrogens is 4. The number of rotatable bonds is 5. The zero-order valence-electron chi connectivity index (χ0n) is 19.7. The molecule has 10 nitrogen and oxygen atoms in total. The normalized spacial score (nSPS) is 21.6. The van der Waals surface area contributed by atoms with Crippen molar-refractivity contribution in [2.24, 2.45) is 5.41 Å². The second-order valence-electron chi connectivity index (χ2n) is 9.92. The first-order valence-electron chi connectivity index (χ1n) is 12.1. The molecule has 10 heteroatoms. The van der Waals surface area contributed by atoms with Crippen molar-refractivity contribution in [3.8, 4) is 0 Å². The van der Waals surface area contributed by atoms with E-state index in [1.807, 2.05) is 24.3 Å². The molecule has 2 aromatic heterocycles. The van der Waals surface area contributed by atoms with E-state index in [1.54, 1.807) is 16.3 Å². The molecule has 0 bridgehead atoms. The number of esters is 1. The van der Waals surface area contributed by atoms with Crippen LogP contribution in [0.5, 0.6) is 0 Å². The van der Waals surface area contributed by atoms with Crippen LogP contribution < -0.4 is 0 Å². The predicted octanol–water partition coefficient (Wildman–Crippen LogP) is 1.50. The van der Waals surface area contributed by atoms with Crippen LogP contribution in [-0.2, 0) is 14.3 Å². The van der Waals surface area contributed by atoms with Crippen molar-refractivity contribution in [2.75, 3.05) is 39.4 Å². The van der Waals surface area contributed by atoms with Crippen LogP contribution in [0.1, 0.15) is 37.7 Å². The van der Waals surface area contributed by atoms with Gasteiger partial charge in [-0.05, 0) is 79.5 Å². The van der Waals surface area contributed by atoms with Crippen LogP contribution in [0.25, 0.3) is 16.6 Å². The number of tetrazole rings is 1. The van der Waals surface area contributed by atoms with Gasteiger partial charge in [-0.2, -0.15) is 4.52 Å². The molecule has 3 aliphatic rings. The van der Waals surface area contributed by atoms with E-state index in [1.165, 1.54) is 0 Å². The van der Waals surface area contributed by atoms with Gasteiger partial charge in [0.2, 0.25) is 5.91 Å². The van der Waals surface area contributed by atoms with Gasteiger partial charge in [0.05, 0.1) is 28.8 Å². The van der Waals surface area contributed by atoms with Crippen LogP contribution >= 0.6 is 0 Å². The third-order valence-corrected chi connectivity index (χ3v) is 8.09. The van der Waals surface area contributed by atoms with Gasteiger partial charge >= 0.3 is 5.97 Å². The van der Waals surface area contributed by atoms with E-state index in [0.717, 1.165) is 61.1 Å². The van der Waals surface area contributed by atoms with Crippen molar-refractivity contribution in [2.45, 2.75) is 32.1 Å². The number of piperidine rings is 1. The first-order chi connectivity index (χ1) is 17.0. The van der Waals surface area contributed by atoms with Crippen LogP contribution in [-0.4, -0.2) is 86.2 Å². The lowest BCUT2D eigenvalue weighted by Gasteiger charge is -2.39. The number of fused-ring (bicyclic) bond motifs is 3. The van der Waals surface area contributed by atoms with E-state index in [-0.39, 0.29) is 36.4 Å². The molecule has 1 atom stereocenters. The Morgan fingerprint density at radius 1 is 1.11 bits per heavy atom. The zero-order chi connectivity index (χ0) is 24.2. The first-order valence-corrected chi connectivity index (χ1v) is 12.1. The van der Waals surface area contributed by atoms with E-state index in [2.05, 4.69) is 26.5 Å². The Bertz CT molecular complexity index is 1360. The molecular formula is C25H28N6O4. The van der Waals surface area contributed by atoms with E-state index in [9.17, 15) is 14.7 Å². The topological polar surface area (TPSA) is 113 Å². The van der Waals surface area contributed by atoms with Gasteiger partial charge < -0.3 is 19.6 Å². The van der Waals surface area contributed by atoms with E-state index >= 15 is 0 Å². The number of carbonyl (C=O) groups is 2. The average Bonchev–Trinajstić information content (AvgIpc) is 3.58. The monoisotopic (exact) mass is 476 g/mol. The molecule has 2 fully saturated rings. The minimum absolute atomic E-state index is 0.0248. The molecule has 1 spiro atoms. The highest BCUT2D eigenvalue weighted by atomic mass is 16.5. The lowest BCUT2D eigenvalue weighted by atomic mass is 9.77. The fourth-order valence-electron chi connectivity index (χ4n) is 5.82. The lowest BCUT2D eigenvalue weighted by molar-refractivity contribution is -0.138. The van der Waals surface area contributed by atoms with Crippen LogP contribution in [0, 0.1) is 5.41 Å². The summed E-state index contributed by atoms with van der Waals surface area (Å²) in [7, 11) is 0. The molecule has 1 N–H and O–H groups in total. The number of cyclic esters (lactones) is 1. The highest BCUT2D eigenvalue weighted by molar-refractivity contribution is 5.94. The quantitative estimate of drug-likeness (QED) is 0.552. The van der Waals surface area contributed by atoms with Crippen molar-refractivity contribution in [3.05, 3.63) is 47.2 Å². The van der Waals surface area contributed by atoms with E-state index < -0.39 is 0 Å². The number of aliphatic hydroxyl groups is 1. The smallest absolute Gasteiger partial charge is 0.336 e. The molecule has 1 amide bonds. The summed E-state index contributed by atoms with van der Waals surface area (Å²) in [6.45, 7) is 4.97. The van der Waals surface area contributed by atoms with Gasteiger partial charge in [-0.15, -0.1) is 5.10 Å². The molecule has 2 saturated heterocycles. The number of likely N-dealkylation sites (tertiary alicyclic amines) is 2. The van der Waals surface area contributed by atoms with Crippen LogP contribution in [0.4, 0.5) is 0 Å². The molecule has 5 heterocycles. The summed E-state index contributed by atoms with van der Waals surface area (Å²) in [5, 5.41) is 23.0. The number of pyridine rings is 1. The molecule has 182 valence electrons. The SMILES string of the molecule is CC1=C(N2CCC3(CCN(CC(CO)c4ccc5c(ccc6nnnn65)c4)CC3)C2=O)COC1=O. The maximum atomic E-state index is 13.4. The first kappa shape index (κ1) is 22.1. The molecule has 0 aliphatic carbocycles. The number of hydrogen-bond acceptors (Lipinski definition) is 8. The van der Waals surface area contributed by atoms with Crippen molar-refractivity contribution in [3.63, 3.8) is 0 Å². The number of carbonyl (C=O) groups excluding carboxylic acids is 2. The molecule has 3 aliphatic heterocycles. The largest absolute Gasteiger partial charge is 0.456 e. The van der Waals surface area contributed by atoms with Crippen LogP contribution in [0.2, 0.25) is 0 Å². The minimum atomic E-state index is -0.357. The Hall–Kier alpha value is -3.37. The van der Waals surface area contributed by atoms with Crippen molar-refractivity contribution >= 4 is 28.4 Å². The Morgan fingerprint density at radius 3 is 2.66 bits per heavy atom. The number of nitrogens with zero attached hydrogens (tertiary/aromatic N) is 6. The van der Waals surface area contributed by atoms with Gasteiger partial charge in [0.15, 0.2) is 5.65 Å². The summed E-state index contributed by atoms with van der Waals surface area (Å²) in [6.07, 6.45) is 2.39. The van der Waals surface area contributed by atoms with Crippen LogP contribution in [0.15, 0.2) is 41.6 Å². The molecule has 3 aromatic rings. The molecular weight excluding hydrogens is 448 g/mol. The molecule has 1 aromatic carbocycles. The van der Waals surface area contributed by atoms with Gasteiger partial charge in [0, 0.05) is 24.4 Å². The Balaban J connectivity index is 1.14. The number of amides is 1. The fraction of sp³-hybridized carbons (Fsp3) is 0.480. The van der Waals surface area contributed by atoms with Gasteiger partial charge in [-0.3, -0.25) is 4.79 Å². The average molecular weight is 477 g/mol. The predicted molar refractivity (Wildman–Crippen MR) is 126 cm³/mol. The highest BCUT2D eigenvalue weighted by Gasteiger charge is 2.50. The molecule has 35 heavy (non-hydrogen) atoms. The third kappa shape index (κ3) is 3.59. The molecule has 6 rings (SSSR count). The number of hydrogen-bond donors (Lipinski definition) is 1. The van der Waals surface area contributed by atoms with Gasteiger partial charge in [-0.1, -0.05) is 6.07 Å². The van der Waals surface area contributed by atoms with Crippen molar-refractivity contribution in [1.29, 1.82) is 0 Å². The summed E-state index contributed by atoms with van der Waals surface area (Å²) in [5.41, 5.74) is 3.63. The minimum Gasteiger partial charge on any atom is -0.456 e.